The Balaban J connectivity index is 1.82. The Hall–Kier alpha value is -3.50. The predicted molar refractivity (Wildman–Crippen MR) is 240 cm³/mol. The Morgan fingerprint density at radius 1 is 0.661 bits per heavy atom. The molecule has 4 nitrogen and oxygen atoms in total. The number of aliphatic hydroxyl groups excluding tert-OH is 1. The van der Waals surface area contributed by atoms with Crippen LogP contribution in [0.3, 0.4) is 0 Å². The minimum Gasteiger partial charge on any atom is -0.462 e. The van der Waals surface area contributed by atoms with Gasteiger partial charge in [-0.2, -0.15) is 0 Å². The van der Waals surface area contributed by atoms with E-state index in [2.05, 4.69) is 111 Å². The van der Waals surface area contributed by atoms with Gasteiger partial charge in [0.1, 0.15) is 6.10 Å². The molecule has 1 N–H and O–H groups in total. The molecule has 0 spiro atoms. The smallest absolute Gasteiger partial charge is 0.306 e. The van der Waals surface area contributed by atoms with Crippen molar-refractivity contribution >= 4 is 11.8 Å². The van der Waals surface area contributed by atoms with E-state index in [0.29, 0.717) is 19.3 Å². The maximum atomic E-state index is 13.0. The van der Waals surface area contributed by atoms with E-state index in [4.69, 9.17) is 4.74 Å². The second-order valence-electron chi connectivity index (χ2n) is 18.2. The Morgan fingerprint density at radius 2 is 1.16 bits per heavy atom. The molecular formula is C52H78O4. The fourth-order valence-corrected chi connectivity index (χ4v) is 8.07. The van der Waals surface area contributed by atoms with Gasteiger partial charge in [0.05, 0.1) is 6.10 Å². The highest BCUT2D eigenvalue weighted by molar-refractivity contribution is 5.95. The Bertz CT molecular complexity index is 1590. The van der Waals surface area contributed by atoms with Crippen molar-refractivity contribution in [1.29, 1.82) is 0 Å². The van der Waals surface area contributed by atoms with Crippen molar-refractivity contribution in [2.75, 3.05) is 0 Å². The van der Waals surface area contributed by atoms with Crippen molar-refractivity contribution in [1.82, 2.24) is 0 Å². The lowest BCUT2D eigenvalue weighted by atomic mass is 9.66. The van der Waals surface area contributed by atoms with Gasteiger partial charge in [0.2, 0.25) is 0 Å². The largest absolute Gasteiger partial charge is 0.462 e. The number of carbonyl (C=O) groups is 2. The second-order valence-corrected chi connectivity index (χ2v) is 18.2. The third kappa shape index (κ3) is 17.3. The van der Waals surface area contributed by atoms with Crippen molar-refractivity contribution < 1.29 is 19.4 Å². The van der Waals surface area contributed by atoms with Gasteiger partial charge in [0, 0.05) is 18.3 Å². The number of hydrogen-bond donors (Lipinski definition) is 1. The van der Waals surface area contributed by atoms with Crippen LogP contribution in [0, 0.1) is 16.2 Å². The number of carbonyl (C=O) groups excluding carboxylic acids is 2. The van der Waals surface area contributed by atoms with Crippen LogP contribution in [0.2, 0.25) is 0 Å². The second kappa shape index (κ2) is 24.3. The van der Waals surface area contributed by atoms with E-state index in [1.54, 1.807) is 6.08 Å². The monoisotopic (exact) mass is 767 g/mol. The first-order valence-electron chi connectivity index (χ1n) is 21.6. The van der Waals surface area contributed by atoms with E-state index in [1.165, 1.54) is 61.7 Å². The van der Waals surface area contributed by atoms with Gasteiger partial charge in [0.15, 0.2) is 5.78 Å². The molecule has 0 heterocycles. The fraction of sp³-hybridized carbons (Fsp3) is 0.577. The number of rotatable bonds is 22. The van der Waals surface area contributed by atoms with Crippen LogP contribution in [0.4, 0.5) is 0 Å². The summed E-state index contributed by atoms with van der Waals surface area (Å²) in [6, 6.07) is 0. The summed E-state index contributed by atoms with van der Waals surface area (Å²) >= 11 is 0. The van der Waals surface area contributed by atoms with E-state index in [0.717, 1.165) is 42.4 Å². The summed E-state index contributed by atoms with van der Waals surface area (Å²) < 4.78 is 5.97. The average molecular weight is 767 g/mol. The molecule has 4 heteroatoms. The van der Waals surface area contributed by atoms with Gasteiger partial charge in [-0.05, 0) is 82.8 Å². The molecule has 2 aliphatic carbocycles. The molecular weight excluding hydrogens is 689 g/mol. The molecule has 310 valence electrons. The highest BCUT2D eigenvalue weighted by Gasteiger charge is 2.52. The minimum absolute atomic E-state index is 0.0362. The Kier molecular flexibility index (Phi) is 21.1. The molecule has 2 rings (SSSR count). The van der Waals surface area contributed by atoms with Crippen LogP contribution < -0.4 is 0 Å². The van der Waals surface area contributed by atoms with Gasteiger partial charge < -0.3 is 9.84 Å². The molecule has 0 aromatic carbocycles. The van der Waals surface area contributed by atoms with E-state index >= 15 is 0 Å². The van der Waals surface area contributed by atoms with Gasteiger partial charge >= 0.3 is 5.97 Å². The molecule has 0 aromatic rings. The minimum atomic E-state index is -0.539. The zero-order valence-corrected chi connectivity index (χ0v) is 37.3. The zero-order valence-electron chi connectivity index (χ0n) is 37.3. The molecule has 0 amide bonds. The summed E-state index contributed by atoms with van der Waals surface area (Å²) in [5.74, 6) is 0.0471. The first-order valence-corrected chi connectivity index (χ1v) is 21.6. The van der Waals surface area contributed by atoms with Crippen LogP contribution in [0.5, 0.6) is 0 Å². The van der Waals surface area contributed by atoms with Crippen molar-refractivity contribution in [3.05, 3.63) is 119 Å². The molecule has 0 unspecified atom stereocenters. The first kappa shape index (κ1) is 48.6. The van der Waals surface area contributed by atoms with E-state index in [-0.39, 0.29) is 28.7 Å². The summed E-state index contributed by atoms with van der Waals surface area (Å²) in [6.07, 6.45) is 42.8. The van der Waals surface area contributed by atoms with Gasteiger partial charge in [0.25, 0.3) is 0 Å². The number of esters is 1. The third-order valence-electron chi connectivity index (χ3n) is 11.9. The van der Waals surface area contributed by atoms with Gasteiger partial charge in [-0.25, -0.2) is 0 Å². The SMILES string of the molecule is CCCCCCCCCCCC(=O)O[C@@H]1CC(C)=C(/C=C/C(C)=C/C=C/C(C)=C/C=C/C=C(C)/C=C/C=C(C)/C=C/C(=O)[C@]2(C)C[C@@H](O)CC2(C)C)C(C)(C)C1. The van der Waals surface area contributed by atoms with Crippen molar-refractivity contribution in [3.8, 4) is 0 Å². The summed E-state index contributed by atoms with van der Waals surface area (Å²) in [4.78, 5) is 25.6. The molecule has 3 atom stereocenters. The van der Waals surface area contributed by atoms with Crippen LogP contribution in [-0.2, 0) is 14.3 Å². The Morgan fingerprint density at radius 3 is 1.68 bits per heavy atom. The normalized spacial score (nSPS) is 23.9. The van der Waals surface area contributed by atoms with Crippen molar-refractivity contribution in [3.63, 3.8) is 0 Å². The summed E-state index contributed by atoms with van der Waals surface area (Å²) in [7, 11) is 0. The van der Waals surface area contributed by atoms with Crippen LogP contribution in [0.25, 0.3) is 0 Å². The number of allylic oxidation sites excluding steroid dienone is 19. The summed E-state index contributed by atoms with van der Waals surface area (Å²) in [6.45, 7) is 23.4. The van der Waals surface area contributed by atoms with Gasteiger partial charge in [-0.1, -0.05) is 200 Å². The standard InChI is InChI=1S/C52H78O4/c1-12-13-14-15-16-17-18-19-20-31-49(55)56-46-36-44(6)47(50(7,8)39-46)34-32-42(4)29-23-27-40(2)25-21-22-26-41(3)28-24-30-43(5)33-35-48(54)52(11)38-45(53)37-51(52,9)10/h21-30,32-35,45-46,53H,12-20,31,36-39H2,1-11H3/b22-21+,27-23+,28-24+,34-32+,35-33+,40-25+,41-26+,42-29+,43-30+/t45-,46+,52-/m0/s1. The molecule has 0 saturated heterocycles. The van der Waals surface area contributed by atoms with Crippen LogP contribution in [0.15, 0.2) is 119 Å². The molecule has 2 aliphatic rings. The first-order chi connectivity index (χ1) is 26.4. The highest BCUT2D eigenvalue weighted by atomic mass is 16.5. The molecule has 0 radical (unpaired) electrons. The van der Waals surface area contributed by atoms with Crippen molar-refractivity contribution in [2.45, 2.75) is 178 Å². The maximum absolute atomic E-state index is 13.0. The molecule has 0 aliphatic heterocycles. The lowest BCUT2D eigenvalue weighted by Gasteiger charge is -2.37. The molecule has 0 bridgehead atoms. The number of ketones is 1. The van der Waals surface area contributed by atoms with E-state index in [1.807, 2.05) is 44.2 Å². The number of hydrogen-bond acceptors (Lipinski definition) is 4. The summed E-state index contributed by atoms with van der Waals surface area (Å²) in [5, 5.41) is 10.2. The molecule has 1 saturated carbocycles. The van der Waals surface area contributed by atoms with E-state index in [9.17, 15) is 14.7 Å². The Labute approximate surface area is 343 Å². The third-order valence-corrected chi connectivity index (χ3v) is 11.9. The van der Waals surface area contributed by atoms with Crippen LogP contribution in [0.1, 0.15) is 166 Å². The number of aliphatic hydroxyl groups is 1. The van der Waals surface area contributed by atoms with E-state index < -0.39 is 11.5 Å². The quantitative estimate of drug-likeness (QED) is 0.0516. The molecule has 56 heavy (non-hydrogen) atoms. The van der Waals surface area contributed by atoms with Gasteiger partial charge in [-0.15, -0.1) is 0 Å². The van der Waals surface area contributed by atoms with Crippen molar-refractivity contribution in [2.24, 2.45) is 16.2 Å². The van der Waals surface area contributed by atoms with Crippen LogP contribution in [-0.4, -0.2) is 29.1 Å². The van der Waals surface area contributed by atoms with Gasteiger partial charge in [-0.3, -0.25) is 9.59 Å². The molecule has 0 aromatic heterocycles. The number of ether oxygens (including phenoxy) is 1. The average Bonchev–Trinajstić information content (AvgIpc) is 3.33. The lowest BCUT2D eigenvalue weighted by molar-refractivity contribution is -0.150. The summed E-state index contributed by atoms with van der Waals surface area (Å²) in [5.41, 5.74) is 6.29. The zero-order chi connectivity index (χ0) is 41.8. The molecule has 1 fully saturated rings. The fourth-order valence-electron chi connectivity index (χ4n) is 8.07. The van der Waals surface area contributed by atoms with Crippen LogP contribution >= 0.6 is 0 Å². The maximum Gasteiger partial charge on any atom is 0.306 e. The lowest BCUT2D eigenvalue weighted by Crippen LogP contribution is -2.36. The topological polar surface area (TPSA) is 63.6 Å². The highest BCUT2D eigenvalue weighted by Crippen LogP contribution is 2.53. The number of unbranched alkanes of at least 4 members (excludes halogenated alkanes) is 8. The predicted octanol–water partition coefficient (Wildman–Crippen LogP) is 14.3.